The molecule has 0 aliphatic carbocycles. The van der Waals surface area contributed by atoms with Crippen LogP contribution in [-0.2, 0) is 0 Å². The molecule has 0 amide bonds. The summed E-state index contributed by atoms with van der Waals surface area (Å²) in [6, 6.07) is 12.3. The maximum atomic E-state index is 13.4. The van der Waals surface area contributed by atoms with Crippen molar-refractivity contribution in [2.75, 3.05) is 11.9 Å². The summed E-state index contributed by atoms with van der Waals surface area (Å²) in [5.74, 6) is 0.973. The number of tetrazole rings is 1. The fourth-order valence-electron chi connectivity index (χ4n) is 3.00. The van der Waals surface area contributed by atoms with Crippen molar-refractivity contribution in [3.8, 4) is 22.6 Å². The summed E-state index contributed by atoms with van der Waals surface area (Å²) >= 11 is 0. The Hall–Kier alpha value is -3.42. The number of hydrogen-bond donors (Lipinski definition) is 1. The van der Waals surface area contributed by atoms with Crippen molar-refractivity contribution in [1.29, 1.82) is 0 Å². The van der Waals surface area contributed by atoms with Gasteiger partial charge in [0.05, 0.1) is 11.0 Å². The van der Waals surface area contributed by atoms with Crippen LogP contribution >= 0.6 is 0 Å². The Morgan fingerprint density at radius 3 is 2.46 bits per heavy atom. The van der Waals surface area contributed by atoms with E-state index < -0.39 is 0 Å². The van der Waals surface area contributed by atoms with Gasteiger partial charge >= 0.3 is 0 Å². The zero-order valence-electron chi connectivity index (χ0n) is 15.9. The van der Waals surface area contributed by atoms with E-state index in [0.29, 0.717) is 5.82 Å². The highest BCUT2D eigenvalue weighted by atomic mass is 19.1. The van der Waals surface area contributed by atoms with E-state index in [2.05, 4.69) is 39.4 Å². The Morgan fingerprint density at radius 1 is 1.04 bits per heavy atom. The molecule has 0 aliphatic heterocycles. The molecule has 0 saturated heterocycles. The molecule has 1 N–H and O–H groups in total. The van der Waals surface area contributed by atoms with Gasteiger partial charge in [0.15, 0.2) is 5.82 Å². The Kier molecular flexibility index (Phi) is 4.68. The summed E-state index contributed by atoms with van der Waals surface area (Å²) in [5, 5.41) is 14.1. The van der Waals surface area contributed by atoms with Crippen LogP contribution in [0.1, 0.15) is 20.3 Å². The SMILES string of the molecule is CC[C@@H](C)N(C)c1nc2cc(-c3nn[nH]n3)ccc2nc1-c1ccc(F)cc1. The fourth-order valence-corrected chi connectivity index (χ4v) is 3.00. The third-order valence-electron chi connectivity index (χ3n) is 4.95. The van der Waals surface area contributed by atoms with Crippen molar-refractivity contribution in [3.05, 3.63) is 48.3 Å². The lowest BCUT2D eigenvalue weighted by Gasteiger charge is -2.27. The lowest BCUT2D eigenvalue weighted by molar-refractivity contribution is 0.628. The maximum Gasteiger partial charge on any atom is 0.204 e. The monoisotopic (exact) mass is 377 g/mol. The van der Waals surface area contributed by atoms with Crippen LogP contribution in [0, 0.1) is 5.82 Å². The number of rotatable bonds is 5. The Labute approximate surface area is 161 Å². The third kappa shape index (κ3) is 3.28. The molecule has 0 spiro atoms. The topological polar surface area (TPSA) is 83.5 Å². The molecule has 0 unspecified atom stereocenters. The molecule has 0 aliphatic rings. The summed E-state index contributed by atoms with van der Waals surface area (Å²) in [6.45, 7) is 4.26. The first-order chi connectivity index (χ1) is 13.6. The maximum absolute atomic E-state index is 13.4. The summed E-state index contributed by atoms with van der Waals surface area (Å²) in [7, 11) is 2.00. The van der Waals surface area contributed by atoms with Gasteiger partial charge < -0.3 is 4.90 Å². The molecule has 4 rings (SSSR count). The first kappa shape index (κ1) is 18.0. The third-order valence-corrected chi connectivity index (χ3v) is 4.95. The van der Waals surface area contributed by atoms with Crippen LogP contribution < -0.4 is 4.90 Å². The van der Waals surface area contributed by atoms with E-state index >= 15 is 0 Å². The molecule has 2 aromatic carbocycles. The minimum Gasteiger partial charge on any atom is -0.355 e. The van der Waals surface area contributed by atoms with Gasteiger partial charge in [-0.15, -0.1) is 10.2 Å². The normalized spacial score (nSPS) is 12.3. The number of benzene rings is 2. The number of aromatic nitrogens is 6. The fraction of sp³-hybridized carbons (Fsp3) is 0.250. The highest BCUT2D eigenvalue weighted by Gasteiger charge is 2.18. The molecule has 142 valence electrons. The lowest BCUT2D eigenvalue weighted by atomic mass is 10.1. The van der Waals surface area contributed by atoms with Crippen molar-refractivity contribution in [2.24, 2.45) is 0 Å². The van der Waals surface area contributed by atoms with Crippen LogP contribution in [-0.4, -0.2) is 43.7 Å². The van der Waals surface area contributed by atoms with Gasteiger partial charge in [-0.2, -0.15) is 5.21 Å². The summed E-state index contributed by atoms with van der Waals surface area (Å²) in [6.07, 6.45) is 0.960. The molecule has 0 fully saturated rings. The Bertz CT molecular complexity index is 1090. The average Bonchev–Trinajstić information content (AvgIpc) is 3.27. The van der Waals surface area contributed by atoms with Crippen LogP contribution in [0.2, 0.25) is 0 Å². The molecule has 28 heavy (non-hydrogen) atoms. The largest absolute Gasteiger partial charge is 0.355 e. The van der Waals surface area contributed by atoms with Crippen LogP contribution in [0.15, 0.2) is 42.5 Å². The molecule has 1 atom stereocenters. The zero-order chi connectivity index (χ0) is 19.7. The predicted octanol–water partition coefficient (Wildman–Crippen LogP) is 3.85. The molecule has 0 saturated carbocycles. The van der Waals surface area contributed by atoms with Gasteiger partial charge in [-0.1, -0.05) is 6.92 Å². The van der Waals surface area contributed by atoms with Crippen molar-refractivity contribution >= 4 is 16.9 Å². The van der Waals surface area contributed by atoms with Gasteiger partial charge in [0, 0.05) is 24.2 Å². The number of H-pyrrole nitrogens is 1. The number of hydrogen-bond acceptors (Lipinski definition) is 6. The number of anilines is 1. The van der Waals surface area contributed by atoms with E-state index in [1.165, 1.54) is 12.1 Å². The summed E-state index contributed by atoms with van der Waals surface area (Å²) in [4.78, 5) is 11.8. The molecule has 7 nitrogen and oxygen atoms in total. The van der Waals surface area contributed by atoms with Crippen molar-refractivity contribution in [1.82, 2.24) is 30.6 Å². The second-order valence-electron chi connectivity index (χ2n) is 6.71. The first-order valence-electron chi connectivity index (χ1n) is 9.11. The molecular weight excluding hydrogens is 357 g/mol. The number of fused-ring (bicyclic) bond motifs is 1. The standard InChI is InChI=1S/C20H20FN7/c1-4-12(2)28(3)20-18(13-5-8-15(21)9-6-13)22-16-10-7-14(11-17(16)23-20)19-24-26-27-25-19/h5-12H,4H2,1-3H3,(H,24,25,26,27)/t12-/m1/s1. The number of halogens is 1. The van der Waals surface area contributed by atoms with Crippen molar-refractivity contribution in [3.63, 3.8) is 0 Å². The number of aromatic amines is 1. The van der Waals surface area contributed by atoms with E-state index in [0.717, 1.165) is 40.1 Å². The van der Waals surface area contributed by atoms with Crippen LogP contribution in [0.25, 0.3) is 33.7 Å². The van der Waals surface area contributed by atoms with Crippen LogP contribution in [0.5, 0.6) is 0 Å². The average molecular weight is 377 g/mol. The Balaban J connectivity index is 1.91. The van der Waals surface area contributed by atoms with Crippen LogP contribution in [0.4, 0.5) is 10.2 Å². The van der Waals surface area contributed by atoms with E-state index in [9.17, 15) is 4.39 Å². The number of nitrogens with zero attached hydrogens (tertiary/aromatic N) is 6. The molecule has 2 aromatic heterocycles. The highest BCUT2D eigenvalue weighted by molar-refractivity contribution is 5.86. The van der Waals surface area contributed by atoms with Gasteiger partial charge in [-0.3, -0.25) is 0 Å². The Morgan fingerprint density at radius 2 is 1.79 bits per heavy atom. The summed E-state index contributed by atoms with van der Waals surface area (Å²) in [5.41, 5.74) is 3.83. The molecule has 8 heteroatoms. The minimum absolute atomic E-state index is 0.270. The lowest BCUT2D eigenvalue weighted by Crippen LogP contribution is -2.29. The molecule has 0 radical (unpaired) electrons. The molecule has 2 heterocycles. The smallest absolute Gasteiger partial charge is 0.204 e. The van der Waals surface area contributed by atoms with Gasteiger partial charge in [0.1, 0.15) is 11.5 Å². The zero-order valence-corrected chi connectivity index (χ0v) is 15.9. The van der Waals surface area contributed by atoms with Gasteiger partial charge in [-0.25, -0.2) is 14.4 Å². The van der Waals surface area contributed by atoms with Gasteiger partial charge in [0.25, 0.3) is 0 Å². The van der Waals surface area contributed by atoms with Gasteiger partial charge in [-0.05, 0) is 61.0 Å². The molecule has 0 bridgehead atoms. The first-order valence-corrected chi connectivity index (χ1v) is 9.11. The van der Waals surface area contributed by atoms with E-state index in [-0.39, 0.29) is 11.9 Å². The quantitative estimate of drug-likeness (QED) is 0.569. The van der Waals surface area contributed by atoms with E-state index in [4.69, 9.17) is 9.97 Å². The number of nitrogens with one attached hydrogen (secondary N) is 1. The molecule has 4 aromatic rings. The van der Waals surface area contributed by atoms with E-state index in [1.807, 2.05) is 25.2 Å². The minimum atomic E-state index is -0.279. The predicted molar refractivity (Wildman–Crippen MR) is 106 cm³/mol. The van der Waals surface area contributed by atoms with E-state index in [1.54, 1.807) is 12.1 Å². The molecular formula is C20H20FN7. The second-order valence-corrected chi connectivity index (χ2v) is 6.71. The van der Waals surface area contributed by atoms with Gasteiger partial charge in [0.2, 0.25) is 5.82 Å². The van der Waals surface area contributed by atoms with Crippen molar-refractivity contribution in [2.45, 2.75) is 26.3 Å². The second kappa shape index (κ2) is 7.30. The highest BCUT2D eigenvalue weighted by Crippen LogP contribution is 2.31. The van der Waals surface area contributed by atoms with Crippen LogP contribution in [0.3, 0.4) is 0 Å². The van der Waals surface area contributed by atoms with Crippen molar-refractivity contribution < 1.29 is 4.39 Å². The summed E-state index contributed by atoms with van der Waals surface area (Å²) < 4.78 is 13.4.